The van der Waals surface area contributed by atoms with Gasteiger partial charge in [0, 0.05) is 6.61 Å². The van der Waals surface area contributed by atoms with Crippen molar-refractivity contribution in [2.75, 3.05) is 13.2 Å². The molecule has 7 heteroatoms. The van der Waals surface area contributed by atoms with Crippen molar-refractivity contribution in [1.82, 2.24) is 4.72 Å². The van der Waals surface area contributed by atoms with E-state index in [-0.39, 0.29) is 11.0 Å². The summed E-state index contributed by atoms with van der Waals surface area (Å²) in [5, 5.41) is 0. The first kappa shape index (κ1) is 17.9. The number of rotatable bonds is 6. The fourth-order valence-corrected chi connectivity index (χ4v) is 3.68. The van der Waals surface area contributed by atoms with Crippen LogP contribution in [0.3, 0.4) is 0 Å². The van der Waals surface area contributed by atoms with Gasteiger partial charge in [-0.25, -0.2) is 13.1 Å². The van der Waals surface area contributed by atoms with Gasteiger partial charge < -0.3 is 9.47 Å². The molecule has 0 bridgehead atoms. The molecule has 0 saturated carbocycles. The smallest absolute Gasteiger partial charge is 0.264 e. The Morgan fingerprint density at radius 2 is 2.13 bits per heavy atom. The lowest BCUT2D eigenvalue weighted by atomic mass is 10.1. The lowest BCUT2D eigenvalue weighted by Crippen LogP contribution is -2.40. The number of nitrogens with one attached hydrogen (secondary N) is 1. The molecule has 0 aliphatic carbocycles. The van der Waals surface area contributed by atoms with Crippen molar-refractivity contribution in [3.8, 4) is 0 Å². The Balaban J connectivity index is 1.91. The lowest BCUT2D eigenvalue weighted by Gasteiger charge is -2.23. The summed E-state index contributed by atoms with van der Waals surface area (Å²) in [5.41, 5.74) is 0.581. The summed E-state index contributed by atoms with van der Waals surface area (Å²) >= 11 is 0. The molecule has 6 nitrogen and oxygen atoms in total. The van der Waals surface area contributed by atoms with Gasteiger partial charge in [-0.15, -0.1) is 0 Å². The van der Waals surface area contributed by atoms with Gasteiger partial charge in [0.2, 0.25) is 0 Å². The van der Waals surface area contributed by atoms with Gasteiger partial charge in [-0.2, -0.15) is 0 Å². The molecule has 1 fully saturated rings. The zero-order chi connectivity index (χ0) is 16.9. The number of aryl methyl sites for hydroxylation is 1. The van der Waals surface area contributed by atoms with Crippen LogP contribution in [0.15, 0.2) is 29.2 Å². The van der Waals surface area contributed by atoms with E-state index in [1.807, 2.05) is 0 Å². The maximum atomic E-state index is 12.3. The number of sulfonamides is 1. The topological polar surface area (TPSA) is 81.7 Å². The quantitative estimate of drug-likeness (QED) is 0.853. The van der Waals surface area contributed by atoms with Crippen molar-refractivity contribution in [1.29, 1.82) is 0 Å². The highest BCUT2D eigenvalue weighted by Crippen LogP contribution is 2.15. The van der Waals surface area contributed by atoms with E-state index in [4.69, 9.17) is 9.47 Å². The minimum absolute atomic E-state index is 0.0213. The summed E-state index contributed by atoms with van der Waals surface area (Å²) in [6.07, 6.45) is 2.14. The van der Waals surface area contributed by atoms with Crippen molar-refractivity contribution in [2.24, 2.45) is 0 Å². The molecule has 0 radical (unpaired) electrons. The van der Waals surface area contributed by atoms with Crippen molar-refractivity contribution >= 4 is 15.9 Å². The minimum atomic E-state index is -3.89. The molecule has 1 heterocycles. The maximum absolute atomic E-state index is 12.3. The number of carbonyl (C=O) groups is 1. The fourth-order valence-electron chi connectivity index (χ4n) is 2.39. The van der Waals surface area contributed by atoms with Gasteiger partial charge in [-0.3, -0.25) is 4.79 Å². The molecule has 0 aromatic heterocycles. The predicted octanol–water partition coefficient (Wildman–Crippen LogP) is 1.77. The summed E-state index contributed by atoms with van der Waals surface area (Å²) in [4.78, 5) is 12.2. The molecule has 0 spiro atoms. The molecule has 2 rings (SSSR count). The Hall–Kier alpha value is -1.44. The van der Waals surface area contributed by atoms with Crippen LogP contribution in [0.5, 0.6) is 0 Å². The minimum Gasteiger partial charge on any atom is -0.376 e. The molecule has 1 aromatic carbocycles. The standard InChI is InChI=1S/C16H23NO5S/c1-12-7-3-4-9-15(12)23(19,20)17-16(18)13(2)22-11-14-8-5-6-10-21-14/h3-4,7,9,13-14H,5-6,8,10-11H2,1-2H3,(H,17,18)/t13-,14+/m1/s1. The van der Waals surface area contributed by atoms with E-state index in [0.717, 1.165) is 19.3 Å². The molecule has 1 aromatic rings. The third kappa shape index (κ3) is 5.02. The number of benzene rings is 1. The summed E-state index contributed by atoms with van der Waals surface area (Å²) in [5.74, 6) is -0.677. The van der Waals surface area contributed by atoms with E-state index < -0.39 is 22.0 Å². The molecular weight excluding hydrogens is 318 g/mol. The van der Waals surface area contributed by atoms with Gasteiger partial charge in [0.25, 0.3) is 15.9 Å². The molecule has 1 amide bonds. The summed E-state index contributed by atoms with van der Waals surface area (Å²) in [6, 6.07) is 6.50. The maximum Gasteiger partial charge on any atom is 0.264 e. The molecule has 1 saturated heterocycles. The van der Waals surface area contributed by atoms with Crippen molar-refractivity contribution in [3.05, 3.63) is 29.8 Å². The Labute approximate surface area is 137 Å². The monoisotopic (exact) mass is 341 g/mol. The number of hydrogen-bond donors (Lipinski definition) is 1. The molecule has 23 heavy (non-hydrogen) atoms. The molecule has 0 unspecified atom stereocenters. The van der Waals surface area contributed by atoms with Gasteiger partial charge in [0.05, 0.1) is 17.6 Å². The van der Waals surface area contributed by atoms with Gasteiger partial charge in [0.15, 0.2) is 0 Å². The highest BCUT2D eigenvalue weighted by atomic mass is 32.2. The molecule has 128 valence electrons. The first-order valence-corrected chi connectivity index (χ1v) is 9.24. The van der Waals surface area contributed by atoms with Crippen LogP contribution in [0.2, 0.25) is 0 Å². The van der Waals surface area contributed by atoms with Crippen LogP contribution in [0.4, 0.5) is 0 Å². The third-order valence-corrected chi connectivity index (χ3v) is 5.30. The number of hydrogen-bond acceptors (Lipinski definition) is 5. The third-order valence-electron chi connectivity index (χ3n) is 3.79. The Kier molecular flexibility index (Phi) is 6.15. The van der Waals surface area contributed by atoms with Crippen LogP contribution < -0.4 is 4.72 Å². The zero-order valence-electron chi connectivity index (χ0n) is 13.4. The van der Waals surface area contributed by atoms with Crippen LogP contribution in [0.25, 0.3) is 0 Å². The average molecular weight is 341 g/mol. The van der Waals surface area contributed by atoms with Crippen molar-refractivity contribution in [2.45, 2.75) is 50.2 Å². The van der Waals surface area contributed by atoms with Gasteiger partial charge in [0.1, 0.15) is 6.10 Å². The Morgan fingerprint density at radius 3 is 2.78 bits per heavy atom. The molecule has 1 aliphatic heterocycles. The second-order valence-electron chi connectivity index (χ2n) is 5.70. The normalized spacial score (nSPS) is 20.0. The highest BCUT2D eigenvalue weighted by molar-refractivity contribution is 7.90. The summed E-state index contributed by atoms with van der Waals surface area (Å²) in [6.45, 7) is 4.21. The highest BCUT2D eigenvalue weighted by Gasteiger charge is 2.24. The Morgan fingerprint density at radius 1 is 1.39 bits per heavy atom. The van der Waals surface area contributed by atoms with Gasteiger partial charge in [-0.1, -0.05) is 18.2 Å². The molecule has 2 atom stereocenters. The van der Waals surface area contributed by atoms with E-state index in [2.05, 4.69) is 4.72 Å². The summed E-state index contributed by atoms with van der Waals surface area (Å²) < 4.78 is 37.6. The van der Waals surface area contributed by atoms with E-state index in [9.17, 15) is 13.2 Å². The fraction of sp³-hybridized carbons (Fsp3) is 0.562. The first-order valence-electron chi connectivity index (χ1n) is 7.75. The number of carbonyl (C=O) groups excluding carboxylic acids is 1. The molecule has 1 N–H and O–H groups in total. The van der Waals surface area contributed by atoms with Crippen LogP contribution >= 0.6 is 0 Å². The van der Waals surface area contributed by atoms with Crippen molar-refractivity contribution in [3.63, 3.8) is 0 Å². The van der Waals surface area contributed by atoms with Crippen LogP contribution in [-0.2, 0) is 24.3 Å². The van der Waals surface area contributed by atoms with Crippen LogP contribution in [0.1, 0.15) is 31.7 Å². The second kappa shape index (κ2) is 7.90. The van der Waals surface area contributed by atoms with E-state index in [1.54, 1.807) is 25.1 Å². The molecule has 1 aliphatic rings. The number of ether oxygens (including phenoxy) is 2. The lowest BCUT2D eigenvalue weighted by molar-refractivity contribution is -0.133. The van der Waals surface area contributed by atoms with Crippen LogP contribution in [0, 0.1) is 6.92 Å². The van der Waals surface area contributed by atoms with E-state index >= 15 is 0 Å². The van der Waals surface area contributed by atoms with Crippen LogP contribution in [-0.4, -0.2) is 39.7 Å². The van der Waals surface area contributed by atoms with Crippen molar-refractivity contribution < 1.29 is 22.7 Å². The number of amides is 1. The predicted molar refractivity (Wildman–Crippen MR) is 85.5 cm³/mol. The SMILES string of the molecule is Cc1ccccc1S(=O)(=O)NC(=O)[C@@H](C)OC[C@@H]1CCCCO1. The second-order valence-corrected chi connectivity index (χ2v) is 7.35. The molecular formula is C16H23NO5S. The average Bonchev–Trinajstić information content (AvgIpc) is 2.53. The summed E-state index contributed by atoms with van der Waals surface area (Å²) in [7, 11) is -3.89. The van der Waals surface area contributed by atoms with E-state index in [1.165, 1.54) is 13.0 Å². The van der Waals surface area contributed by atoms with Gasteiger partial charge in [-0.05, 0) is 44.7 Å². The first-order chi connectivity index (χ1) is 10.9. The van der Waals surface area contributed by atoms with Gasteiger partial charge >= 0.3 is 0 Å². The largest absolute Gasteiger partial charge is 0.376 e. The zero-order valence-corrected chi connectivity index (χ0v) is 14.3. The Bertz CT molecular complexity index is 638. The van der Waals surface area contributed by atoms with E-state index in [0.29, 0.717) is 18.8 Å².